The molecule has 2 aromatic rings. The van der Waals surface area contributed by atoms with E-state index in [1.165, 1.54) is 0 Å². The third-order valence-electron chi connectivity index (χ3n) is 3.40. The minimum atomic E-state index is -0.153. The standard InChI is InChI=1S/C16H21FN2O/c1-12-6-7-13(9-14(12)17)10-18-11-15(19(2)3)16-5-4-8-20-16/h4-9,15,18H,10-11H2,1-3H3. The maximum Gasteiger partial charge on any atom is 0.126 e. The Hall–Kier alpha value is -1.65. The Balaban J connectivity index is 1.92. The van der Waals surface area contributed by atoms with Gasteiger partial charge in [-0.15, -0.1) is 0 Å². The molecular weight excluding hydrogens is 255 g/mol. The molecule has 1 N–H and O–H groups in total. The molecular formula is C16H21FN2O. The van der Waals surface area contributed by atoms with Gasteiger partial charge in [-0.1, -0.05) is 12.1 Å². The minimum Gasteiger partial charge on any atom is -0.468 e. The second kappa shape index (κ2) is 6.68. The van der Waals surface area contributed by atoms with Gasteiger partial charge < -0.3 is 9.73 Å². The van der Waals surface area contributed by atoms with Crippen LogP contribution in [-0.2, 0) is 6.54 Å². The fraction of sp³-hybridized carbons (Fsp3) is 0.375. The molecule has 0 saturated carbocycles. The highest BCUT2D eigenvalue weighted by atomic mass is 19.1. The van der Waals surface area contributed by atoms with E-state index in [4.69, 9.17) is 4.42 Å². The lowest BCUT2D eigenvalue weighted by molar-refractivity contribution is 0.250. The highest BCUT2D eigenvalue weighted by Crippen LogP contribution is 2.17. The quantitative estimate of drug-likeness (QED) is 0.878. The third kappa shape index (κ3) is 3.68. The number of hydrogen-bond donors (Lipinski definition) is 1. The zero-order valence-corrected chi connectivity index (χ0v) is 12.2. The summed E-state index contributed by atoms with van der Waals surface area (Å²) in [7, 11) is 4.03. The van der Waals surface area contributed by atoms with Crippen LogP contribution in [0.15, 0.2) is 41.0 Å². The summed E-state index contributed by atoms with van der Waals surface area (Å²) in [6, 6.07) is 9.37. The SMILES string of the molecule is Cc1ccc(CNCC(c2ccco2)N(C)C)cc1F. The van der Waals surface area contributed by atoms with E-state index in [2.05, 4.69) is 10.2 Å². The molecule has 0 spiro atoms. The number of nitrogens with one attached hydrogen (secondary N) is 1. The van der Waals surface area contributed by atoms with Crippen molar-refractivity contribution in [3.8, 4) is 0 Å². The smallest absolute Gasteiger partial charge is 0.126 e. The van der Waals surface area contributed by atoms with Crippen molar-refractivity contribution in [3.63, 3.8) is 0 Å². The summed E-state index contributed by atoms with van der Waals surface area (Å²) >= 11 is 0. The van der Waals surface area contributed by atoms with Gasteiger partial charge in [0.25, 0.3) is 0 Å². The monoisotopic (exact) mass is 276 g/mol. The van der Waals surface area contributed by atoms with Crippen LogP contribution in [0.3, 0.4) is 0 Å². The molecule has 20 heavy (non-hydrogen) atoms. The van der Waals surface area contributed by atoms with E-state index >= 15 is 0 Å². The van der Waals surface area contributed by atoms with Gasteiger partial charge in [0.1, 0.15) is 11.6 Å². The third-order valence-corrected chi connectivity index (χ3v) is 3.40. The first-order valence-corrected chi connectivity index (χ1v) is 6.73. The van der Waals surface area contributed by atoms with Crippen LogP contribution in [0, 0.1) is 12.7 Å². The first-order chi connectivity index (χ1) is 9.58. The predicted octanol–water partition coefficient (Wildman–Crippen LogP) is 3.12. The van der Waals surface area contributed by atoms with Crippen LogP contribution in [0.1, 0.15) is 22.9 Å². The van der Waals surface area contributed by atoms with Crippen molar-refractivity contribution in [1.29, 1.82) is 0 Å². The van der Waals surface area contributed by atoms with E-state index in [1.54, 1.807) is 19.3 Å². The summed E-state index contributed by atoms with van der Waals surface area (Å²) in [6.07, 6.45) is 1.68. The zero-order chi connectivity index (χ0) is 14.5. The number of rotatable bonds is 6. The first-order valence-electron chi connectivity index (χ1n) is 6.73. The summed E-state index contributed by atoms with van der Waals surface area (Å²) < 4.78 is 18.9. The Bertz CT molecular complexity index is 537. The molecule has 1 aromatic heterocycles. The Morgan fingerprint density at radius 3 is 2.70 bits per heavy atom. The van der Waals surface area contributed by atoms with Crippen molar-refractivity contribution < 1.29 is 8.81 Å². The normalized spacial score (nSPS) is 12.8. The minimum absolute atomic E-state index is 0.153. The van der Waals surface area contributed by atoms with E-state index in [9.17, 15) is 4.39 Å². The molecule has 2 rings (SSSR count). The van der Waals surface area contributed by atoms with E-state index in [0.717, 1.165) is 17.9 Å². The molecule has 0 aliphatic carbocycles. The maximum absolute atomic E-state index is 13.5. The Morgan fingerprint density at radius 2 is 2.10 bits per heavy atom. The van der Waals surface area contributed by atoms with Gasteiger partial charge in [-0.3, -0.25) is 4.90 Å². The van der Waals surface area contributed by atoms with Crippen molar-refractivity contribution in [2.24, 2.45) is 0 Å². The van der Waals surface area contributed by atoms with Crippen LogP contribution < -0.4 is 5.32 Å². The molecule has 4 heteroatoms. The van der Waals surface area contributed by atoms with Crippen molar-refractivity contribution in [2.75, 3.05) is 20.6 Å². The van der Waals surface area contributed by atoms with Gasteiger partial charge >= 0.3 is 0 Å². The fourth-order valence-corrected chi connectivity index (χ4v) is 2.12. The Labute approximate surface area is 119 Å². The van der Waals surface area contributed by atoms with Gasteiger partial charge in [-0.05, 0) is 50.3 Å². The van der Waals surface area contributed by atoms with Gasteiger partial charge in [0.2, 0.25) is 0 Å². The van der Waals surface area contributed by atoms with Gasteiger partial charge in [0, 0.05) is 13.1 Å². The van der Waals surface area contributed by atoms with Gasteiger partial charge in [-0.25, -0.2) is 4.39 Å². The van der Waals surface area contributed by atoms with Gasteiger partial charge in [0.15, 0.2) is 0 Å². The molecule has 0 aliphatic heterocycles. The average molecular weight is 276 g/mol. The van der Waals surface area contributed by atoms with Crippen molar-refractivity contribution in [3.05, 3.63) is 59.3 Å². The van der Waals surface area contributed by atoms with Crippen molar-refractivity contribution in [2.45, 2.75) is 19.5 Å². The molecule has 0 radical (unpaired) electrons. The van der Waals surface area contributed by atoms with E-state index in [-0.39, 0.29) is 11.9 Å². The van der Waals surface area contributed by atoms with Crippen LogP contribution in [0.5, 0.6) is 0 Å². The predicted molar refractivity (Wildman–Crippen MR) is 78.0 cm³/mol. The number of furan rings is 1. The number of nitrogens with zero attached hydrogens (tertiary/aromatic N) is 1. The van der Waals surface area contributed by atoms with Crippen LogP contribution in [0.25, 0.3) is 0 Å². The molecule has 108 valence electrons. The van der Waals surface area contributed by atoms with Crippen molar-refractivity contribution >= 4 is 0 Å². The molecule has 0 amide bonds. The lowest BCUT2D eigenvalue weighted by Crippen LogP contribution is -2.30. The molecule has 1 aromatic carbocycles. The largest absolute Gasteiger partial charge is 0.468 e. The molecule has 1 atom stereocenters. The van der Waals surface area contributed by atoms with E-state index in [0.29, 0.717) is 12.1 Å². The van der Waals surface area contributed by atoms with Crippen LogP contribution in [0.4, 0.5) is 4.39 Å². The average Bonchev–Trinajstić information content (AvgIpc) is 2.92. The molecule has 0 saturated heterocycles. The van der Waals surface area contributed by atoms with Gasteiger partial charge in [0.05, 0.1) is 12.3 Å². The lowest BCUT2D eigenvalue weighted by atomic mass is 10.1. The van der Waals surface area contributed by atoms with Crippen molar-refractivity contribution in [1.82, 2.24) is 10.2 Å². The number of aryl methyl sites for hydroxylation is 1. The second-order valence-corrected chi connectivity index (χ2v) is 5.21. The Morgan fingerprint density at radius 1 is 1.30 bits per heavy atom. The van der Waals surface area contributed by atoms with Gasteiger partial charge in [-0.2, -0.15) is 0 Å². The lowest BCUT2D eigenvalue weighted by Gasteiger charge is -2.22. The number of hydrogen-bond acceptors (Lipinski definition) is 3. The molecule has 0 bridgehead atoms. The summed E-state index contributed by atoms with van der Waals surface area (Å²) in [5, 5.41) is 3.35. The molecule has 3 nitrogen and oxygen atoms in total. The number of likely N-dealkylation sites (N-methyl/N-ethyl adjacent to an activating group) is 1. The Kier molecular flexibility index (Phi) is 4.93. The summed E-state index contributed by atoms with van der Waals surface area (Å²) in [5.74, 6) is 0.775. The highest BCUT2D eigenvalue weighted by molar-refractivity contribution is 5.23. The highest BCUT2D eigenvalue weighted by Gasteiger charge is 2.16. The summed E-state index contributed by atoms with van der Waals surface area (Å²) in [4.78, 5) is 2.10. The van der Waals surface area contributed by atoms with Crippen LogP contribution in [0.2, 0.25) is 0 Å². The maximum atomic E-state index is 13.5. The molecule has 1 unspecified atom stereocenters. The fourth-order valence-electron chi connectivity index (χ4n) is 2.12. The zero-order valence-electron chi connectivity index (χ0n) is 12.2. The summed E-state index contributed by atoms with van der Waals surface area (Å²) in [5.41, 5.74) is 1.63. The topological polar surface area (TPSA) is 28.4 Å². The van der Waals surface area contributed by atoms with E-state index in [1.807, 2.05) is 38.4 Å². The number of halogens is 1. The first kappa shape index (κ1) is 14.8. The summed E-state index contributed by atoms with van der Waals surface area (Å²) in [6.45, 7) is 3.16. The molecule has 0 aliphatic rings. The van der Waals surface area contributed by atoms with Crippen LogP contribution in [-0.4, -0.2) is 25.5 Å². The molecule has 0 fully saturated rings. The second-order valence-electron chi connectivity index (χ2n) is 5.21. The van der Waals surface area contributed by atoms with Crippen LogP contribution >= 0.6 is 0 Å². The molecule has 1 heterocycles. The number of benzene rings is 1. The van der Waals surface area contributed by atoms with E-state index < -0.39 is 0 Å².